The van der Waals surface area contributed by atoms with Crippen LogP contribution in [0.2, 0.25) is 0 Å². The van der Waals surface area contributed by atoms with E-state index in [1.54, 1.807) is 28.4 Å². The average molecular weight is 388 g/mol. The van der Waals surface area contributed by atoms with Gasteiger partial charge >= 0.3 is 0 Å². The molecule has 2 aliphatic carbocycles. The Morgan fingerprint density at radius 1 is 0.692 bits per heavy atom. The van der Waals surface area contributed by atoms with Gasteiger partial charge in [-0.25, -0.2) is 0 Å². The van der Waals surface area contributed by atoms with Crippen molar-refractivity contribution in [3.05, 3.63) is 66.1 Å². The molecule has 26 heavy (non-hydrogen) atoms. The Kier molecular flexibility index (Phi) is 6.73. The number of fused-ring (bicyclic) bond motifs is 1. The number of hydrogen-bond acceptors (Lipinski definition) is 4. The first-order valence-corrected chi connectivity index (χ1v) is 7.91. The van der Waals surface area contributed by atoms with Crippen molar-refractivity contribution in [2.45, 2.75) is 0 Å². The molecule has 0 unspecified atom stereocenters. The zero-order valence-electron chi connectivity index (χ0n) is 15.3. The molecule has 0 fully saturated rings. The number of hydrogen-bond donors (Lipinski definition) is 0. The van der Waals surface area contributed by atoms with Gasteiger partial charge in [-0.15, -0.1) is 23.6 Å². The summed E-state index contributed by atoms with van der Waals surface area (Å²) in [6.45, 7) is 0. The van der Waals surface area contributed by atoms with Crippen LogP contribution in [0.5, 0.6) is 23.0 Å². The van der Waals surface area contributed by atoms with E-state index in [9.17, 15) is 0 Å². The van der Waals surface area contributed by atoms with Crippen molar-refractivity contribution < 1.29 is 37.5 Å². The maximum Gasteiger partial charge on any atom is 0.187 e. The van der Waals surface area contributed by atoms with Gasteiger partial charge < -0.3 is 18.9 Å². The van der Waals surface area contributed by atoms with E-state index in [4.69, 9.17) is 18.9 Å². The second kappa shape index (κ2) is 8.79. The molecule has 0 bridgehead atoms. The van der Waals surface area contributed by atoms with E-state index in [0.29, 0.717) is 17.2 Å². The molecule has 3 rings (SSSR count). The fourth-order valence-electron chi connectivity index (χ4n) is 2.88. The summed E-state index contributed by atoms with van der Waals surface area (Å²) < 4.78 is 21.5. The van der Waals surface area contributed by atoms with Crippen molar-refractivity contribution in [1.29, 1.82) is 0 Å². The third kappa shape index (κ3) is 3.87. The van der Waals surface area contributed by atoms with Crippen LogP contribution in [-0.2, 0) is 18.6 Å². The Morgan fingerprint density at radius 3 is 1.88 bits per heavy atom. The topological polar surface area (TPSA) is 36.9 Å². The van der Waals surface area contributed by atoms with Crippen molar-refractivity contribution >= 4 is 0 Å². The maximum atomic E-state index is 5.43. The second-order valence-corrected chi connectivity index (χ2v) is 5.53. The molecule has 0 amide bonds. The van der Waals surface area contributed by atoms with Gasteiger partial charge in [0.25, 0.3) is 0 Å². The first-order valence-electron chi connectivity index (χ1n) is 7.91. The van der Waals surface area contributed by atoms with Crippen molar-refractivity contribution in [3.8, 4) is 34.1 Å². The molecule has 135 valence electrons. The molecule has 0 atom stereocenters. The summed E-state index contributed by atoms with van der Waals surface area (Å²) in [5.41, 5.74) is 4.39. The molecule has 0 heterocycles. The standard InChI is InChI=1S/C21H21O4.V/c1-22-17-8-7-15-5-6-16(18(15)10-9-17)11-14-12-19(23-2)21(25-4)20(13-14)24-3;/h5-13H,1-4H3;/q-1;. The molecule has 2 aliphatic rings. The second-order valence-electron chi connectivity index (χ2n) is 5.53. The Hall–Kier alpha value is -2.43. The van der Waals surface area contributed by atoms with Crippen LogP contribution in [0, 0.1) is 6.42 Å². The third-order valence-electron chi connectivity index (χ3n) is 4.15. The first-order chi connectivity index (χ1) is 12.2. The fraction of sp³-hybridized carbons (Fsp3) is 0.190. The maximum absolute atomic E-state index is 5.43. The van der Waals surface area contributed by atoms with Crippen LogP contribution in [0.25, 0.3) is 11.1 Å². The molecular weight excluding hydrogens is 367 g/mol. The van der Waals surface area contributed by atoms with Crippen molar-refractivity contribution in [3.63, 3.8) is 0 Å². The Bertz CT molecular complexity index is 822. The summed E-state index contributed by atoms with van der Waals surface area (Å²) in [5.74, 6) is 2.69. The van der Waals surface area contributed by atoms with Gasteiger partial charge in [-0.2, -0.15) is 0 Å². The summed E-state index contributed by atoms with van der Waals surface area (Å²) in [4.78, 5) is 0. The van der Waals surface area contributed by atoms with E-state index in [1.807, 2.05) is 24.3 Å². The molecule has 5 heteroatoms. The molecule has 0 saturated heterocycles. The molecule has 1 radical (unpaired) electrons. The average Bonchev–Trinajstić information content (AvgIpc) is 2.89. The van der Waals surface area contributed by atoms with Gasteiger partial charge in [-0.05, 0) is 12.1 Å². The molecule has 0 spiro atoms. The summed E-state index contributed by atoms with van der Waals surface area (Å²) >= 11 is 0. The third-order valence-corrected chi connectivity index (χ3v) is 4.15. The van der Waals surface area contributed by atoms with E-state index in [1.165, 1.54) is 0 Å². The molecular formula is C21H21O4V-. The zero-order valence-corrected chi connectivity index (χ0v) is 16.7. The first kappa shape index (κ1) is 19.9. The van der Waals surface area contributed by atoms with Crippen LogP contribution in [0.3, 0.4) is 0 Å². The normalized spacial score (nSPS) is 10.0. The van der Waals surface area contributed by atoms with Crippen LogP contribution in [-0.4, -0.2) is 28.4 Å². The number of ether oxygens (including phenoxy) is 4. The predicted octanol–water partition coefficient (Wildman–Crippen LogP) is 4.42. The summed E-state index contributed by atoms with van der Waals surface area (Å²) in [6, 6.07) is 16.1. The predicted molar refractivity (Wildman–Crippen MR) is 98.2 cm³/mol. The van der Waals surface area contributed by atoms with E-state index in [-0.39, 0.29) is 18.6 Å². The van der Waals surface area contributed by atoms with Gasteiger partial charge in [0.1, 0.15) is 17.2 Å². The van der Waals surface area contributed by atoms with Gasteiger partial charge in [0.15, 0.2) is 5.75 Å². The van der Waals surface area contributed by atoms with Gasteiger partial charge in [-0.1, -0.05) is 41.5 Å². The minimum absolute atomic E-state index is 0. The summed E-state index contributed by atoms with van der Waals surface area (Å²) in [7, 11) is 6.50. The monoisotopic (exact) mass is 388 g/mol. The fourth-order valence-corrected chi connectivity index (χ4v) is 2.88. The van der Waals surface area contributed by atoms with Crippen molar-refractivity contribution in [2.24, 2.45) is 0 Å². The van der Waals surface area contributed by atoms with E-state index >= 15 is 0 Å². The number of rotatable bonds is 6. The van der Waals surface area contributed by atoms with E-state index < -0.39 is 0 Å². The van der Waals surface area contributed by atoms with Crippen LogP contribution in [0.4, 0.5) is 0 Å². The van der Waals surface area contributed by atoms with Crippen molar-refractivity contribution in [1.82, 2.24) is 0 Å². The quantitative estimate of drug-likeness (QED) is 0.586. The Balaban J connectivity index is 0.00000243. The molecule has 0 N–H and O–H groups in total. The van der Waals surface area contributed by atoms with E-state index in [0.717, 1.165) is 28.0 Å². The zero-order chi connectivity index (χ0) is 17.8. The number of benzene rings is 1. The Morgan fingerprint density at radius 2 is 1.31 bits per heavy atom. The van der Waals surface area contributed by atoms with Crippen molar-refractivity contribution in [2.75, 3.05) is 28.4 Å². The summed E-state index contributed by atoms with van der Waals surface area (Å²) in [5, 5.41) is 0. The minimum Gasteiger partial charge on any atom is -0.501 e. The SMILES string of the molecule is COc1ccc2ccc([CH-]c3cc(OC)c(OC)c(OC)c3)c-2cc1.[V]. The molecule has 4 nitrogen and oxygen atoms in total. The minimum atomic E-state index is 0. The van der Waals surface area contributed by atoms with Crippen LogP contribution in [0.15, 0.2) is 48.5 Å². The number of methoxy groups -OCH3 is 4. The van der Waals surface area contributed by atoms with Gasteiger partial charge in [0, 0.05) is 18.6 Å². The Labute approximate surface area is 166 Å². The van der Waals surface area contributed by atoms with Crippen LogP contribution in [0.1, 0.15) is 11.1 Å². The van der Waals surface area contributed by atoms with Crippen LogP contribution >= 0.6 is 0 Å². The summed E-state index contributed by atoms with van der Waals surface area (Å²) in [6.07, 6.45) is 2.10. The largest absolute Gasteiger partial charge is 0.501 e. The smallest absolute Gasteiger partial charge is 0.187 e. The van der Waals surface area contributed by atoms with Gasteiger partial charge in [-0.3, -0.25) is 0 Å². The van der Waals surface area contributed by atoms with E-state index in [2.05, 4.69) is 30.7 Å². The van der Waals surface area contributed by atoms with Crippen LogP contribution < -0.4 is 18.9 Å². The van der Waals surface area contributed by atoms with Gasteiger partial charge in [0.2, 0.25) is 0 Å². The molecule has 0 saturated carbocycles. The van der Waals surface area contributed by atoms with Gasteiger partial charge in [0.05, 0.1) is 28.4 Å². The molecule has 0 aliphatic heterocycles. The molecule has 1 aromatic carbocycles. The molecule has 0 aromatic heterocycles. The molecule has 1 aromatic rings.